The number of aromatic amines is 2. The predicted octanol–water partition coefficient (Wildman–Crippen LogP) is 6.14. The Kier molecular flexibility index (Phi) is 3.23. The molecule has 5 heteroatoms. The third-order valence-electron chi connectivity index (χ3n) is 5.48. The highest BCUT2D eigenvalue weighted by Crippen LogP contribution is 2.36. The van der Waals surface area contributed by atoms with Gasteiger partial charge >= 0.3 is 0 Å². The number of fused-ring (bicyclic) bond motifs is 5. The maximum Gasteiger partial charge on any atom is 0.143 e. The van der Waals surface area contributed by atoms with Crippen LogP contribution >= 0.6 is 0 Å². The van der Waals surface area contributed by atoms with Gasteiger partial charge in [-0.2, -0.15) is 0 Å². The molecule has 0 unspecified atom stereocenters. The number of benzene rings is 3. The van der Waals surface area contributed by atoms with Crippen molar-refractivity contribution in [3.63, 3.8) is 0 Å². The fourth-order valence-corrected chi connectivity index (χ4v) is 4.03. The van der Waals surface area contributed by atoms with Crippen molar-refractivity contribution >= 4 is 32.7 Å². The van der Waals surface area contributed by atoms with Crippen LogP contribution < -0.4 is 0 Å². The van der Waals surface area contributed by atoms with Crippen LogP contribution in [0.2, 0.25) is 0 Å². The van der Waals surface area contributed by atoms with Gasteiger partial charge in [-0.15, -0.1) is 0 Å². The minimum atomic E-state index is 0.880. The minimum absolute atomic E-state index is 0.880. The summed E-state index contributed by atoms with van der Waals surface area (Å²) in [4.78, 5) is 15.2. The molecule has 0 atom stereocenters. The van der Waals surface area contributed by atoms with Crippen molar-refractivity contribution in [3.05, 3.63) is 72.6 Å². The summed E-state index contributed by atoms with van der Waals surface area (Å²) in [6, 6.07) is 17.0. The van der Waals surface area contributed by atoms with Crippen LogP contribution in [0.15, 0.2) is 65.3 Å². The average molecular weight is 378 g/mol. The number of hydrogen-bond donors (Lipinski definition) is 2. The number of imidazole rings is 2. The second-order valence-electron chi connectivity index (χ2n) is 7.46. The highest BCUT2D eigenvalue weighted by atomic mass is 16.3. The summed E-state index contributed by atoms with van der Waals surface area (Å²) in [5.74, 6) is 1.81. The van der Waals surface area contributed by atoms with Crippen molar-refractivity contribution in [3.8, 4) is 22.5 Å². The Morgan fingerprint density at radius 3 is 1.97 bits per heavy atom. The summed E-state index contributed by atoms with van der Waals surface area (Å²) in [6.07, 6.45) is 3.72. The zero-order valence-corrected chi connectivity index (χ0v) is 16.1. The lowest BCUT2D eigenvalue weighted by Gasteiger charge is -2.02. The number of H-pyrrole nitrogens is 2. The first-order chi connectivity index (χ1) is 14.2. The molecule has 140 valence electrons. The SMILES string of the molecule is Cc1ncc(-c2ccc3c(ccc4c5ccc(-c6cnc(C)[nH]6)cc5oc34)c2)[nH]1. The first-order valence-corrected chi connectivity index (χ1v) is 9.59. The number of furan rings is 1. The molecular formula is C24H18N4O. The van der Waals surface area contributed by atoms with Gasteiger partial charge in [0.05, 0.1) is 23.8 Å². The highest BCUT2D eigenvalue weighted by molar-refractivity contribution is 6.15. The molecule has 0 amide bonds. The third-order valence-corrected chi connectivity index (χ3v) is 5.48. The van der Waals surface area contributed by atoms with Crippen molar-refractivity contribution in [1.29, 1.82) is 0 Å². The largest absolute Gasteiger partial charge is 0.455 e. The Morgan fingerprint density at radius 1 is 0.690 bits per heavy atom. The quantitative estimate of drug-likeness (QED) is 0.380. The van der Waals surface area contributed by atoms with Crippen LogP contribution in [0.4, 0.5) is 0 Å². The monoisotopic (exact) mass is 378 g/mol. The van der Waals surface area contributed by atoms with Crippen LogP contribution in [-0.4, -0.2) is 19.9 Å². The van der Waals surface area contributed by atoms with Gasteiger partial charge in [0.25, 0.3) is 0 Å². The Morgan fingerprint density at radius 2 is 1.31 bits per heavy atom. The van der Waals surface area contributed by atoms with Gasteiger partial charge < -0.3 is 14.4 Å². The Labute approximate surface area is 166 Å². The van der Waals surface area contributed by atoms with E-state index in [4.69, 9.17) is 4.42 Å². The molecule has 0 aliphatic rings. The molecule has 6 rings (SSSR count). The molecule has 0 aliphatic heterocycles. The van der Waals surface area contributed by atoms with Gasteiger partial charge in [-0.05, 0) is 49.6 Å². The van der Waals surface area contributed by atoms with E-state index in [0.717, 1.165) is 66.9 Å². The first kappa shape index (κ1) is 16.1. The van der Waals surface area contributed by atoms with E-state index in [-0.39, 0.29) is 0 Å². The van der Waals surface area contributed by atoms with Gasteiger partial charge in [-0.1, -0.05) is 18.2 Å². The van der Waals surface area contributed by atoms with Gasteiger partial charge in [0, 0.05) is 27.3 Å². The van der Waals surface area contributed by atoms with Crippen molar-refractivity contribution < 1.29 is 4.42 Å². The highest BCUT2D eigenvalue weighted by Gasteiger charge is 2.13. The second-order valence-corrected chi connectivity index (χ2v) is 7.46. The molecule has 5 nitrogen and oxygen atoms in total. The molecule has 3 aromatic carbocycles. The van der Waals surface area contributed by atoms with Crippen LogP contribution in [0.1, 0.15) is 11.6 Å². The van der Waals surface area contributed by atoms with Crippen LogP contribution in [0, 0.1) is 13.8 Å². The average Bonchev–Trinajstić information content (AvgIpc) is 3.45. The third kappa shape index (κ3) is 2.48. The maximum atomic E-state index is 6.33. The zero-order chi connectivity index (χ0) is 19.5. The van der Waals surface area contributed by atoms with E-state index in [9.17, 15) is 0 Å². The van der Waals surface area contributed by atoms with E-state index >= 15 is 0 Å². The fourth-order valence-electron chi connectivity index (χ4n) is 4.03. The van der Waals surface area contributed by atoms with Gasteiger partial charge in [0.1, 0.15) is 22.8 Å². The molecule has 0 fully saturated rings. The molecule has 0 bridgehead atoms. The van der Waals surface area contributed by atoms with E-state index in [1.165, 1.54) is 0 Å². The molecule has 3 heterocycles. The Balaban J connectivity index is 1.54. The van der Waals surface area contributed by atoms with E-state index in [1.54, 1.807) is 0 Å². The number of aromatic nitrogens is 4. The lowest BCUT2D eigenvalue weighted by molar-refractivity contribution is 0.673. The summed E-state index contributed by atoms with van der Waals surface area (Å²) < 4.78 is 6.33. The maximum absolute atomic E-state index is 6.33. The topological polar surface area (TPSA) is 70.5 Å². The summed E-state index contributed by atoms with van der Waals surface area (Å²) in [7, 11) is 0. The van der Waals surface area contributed by atoms with Crippen molar-refractivity contribution in [1.82, 2.24) is 19.9 Å². The van der Waals surface area contributed by atoms with Crippen molar-refractivity contribution in [2.24, 2.45) is 0 Å². The number of nitrogens with one attached hydrogen (secondary N) is 2. The number of hydrogen-bond acceptors (Lipinski definition) is 3. The van der Waals surface area contributed by atoms with E-state index in [0.29, 0.717) is 0 Å². The summed E-state index contributed by atoms with van der Waals surface area (Å²) in [6.45, 7) is 3.91. The summed E-state index contributed by atoms with van der Waals surface area (Å²) >= 11 is 0. The van der Waals surface area contributed by atoms with E-state index in [1.807, 2.05) is 26.2 Å². The number of aryl methyl sites for hydroxylation is 2. The normalized spacial score (nSPS) is 11.8. The molecule has 0 radical (unpaired) electrons. The van der Waals surface area contributed by atoms with Gasteiger partial charge in [-0.3, -0.25) is 0 Å². The molecule has 0 aliphatic carbocycles. The summed E-state index contributed by atoms with van der Waals surface area (Å²) in [5, 5.41) is 4.50. The van der Waals surface area contributed by atoms with Crippen LogP contribution in [0.25, 0.3) is 55.2 Å². The Hall–Kier alpha value is -3.86. The molecule has 6 aromatic rings. The van der Waals surface area contributed by atoms with Gasteiger partial charge in [0.2, 0.25) is 0 Å². The smallest absolute Gasteiger partial charge is 0.143 e. The van der Waals surface area contributed by atoms with Crippen molar-refractivity contribution in [2.75, 3.05) is 0 Å². The fraction of sp³-hybridized carbons (Fsp3) is 0.0833. The lowest BCUT2D eigenvalue weighted by Crippen LogP contribution is -1.80. The van der Waals surface area contributed by atoms with Crippen LogP contribution in [0.3, 0.4) is 0 Å². The summed E-state index contributed by atoms with van der Waals surface area (Å²) in [5.41, 5.74) is 6.00. The van der Waals surface area contributed by atoms with Crippen LogP contribution in [-0.2, 0) is 0 Å². The van der Waals surface area contributed by atoms with Crippen molar-refractivity contribution in [2.45, 2.75) is 13.8 Å². The zero-order valence-electron chi connectivity index (χ0n) is 16.1. The van der Waals surface area contributed by atoms with E-state index in [2.05, 4.69) is 68.5 Å². The molecule has 29 heavy (non-hydrogen) atoms. The van der Waals surface area contributed by atoms with Crippen LogP contribution in [0.5, 0.6) is 0 Å². The molecule has 2 N–H and O–H groups in total. The molecule has 0 saturated heterocycles. The molecule has 3 aromatic heterocycles. The lowest BCUT2D eigenvalue weighted by atomic mass is 10.0. The van der Waals surface area contributed by atoms with E-state index < -0.39 is 0 Å². The molecular weight excluding hydrogens is 360 g/mol. The number of nitrogens with zero attached hydrogens (tertiary/aromatic N) is 2. The standard InChI is InChI=1S/C24H18N4O/c1-13-25-11-21(27-13)16-4-6-18-15(9-16)3-8-20-19-7-5-17(10-23(19)29-24(18)20)22-12-26-14(2)28-22/h3-12H,1-2H3,(H,25,27)(H,26,28). The van der Waals surface area contributed by atoms with Gasteiger partial charge in [0.15, 0.2) is 0 Å². The Bertz CT molecular complexity index is 1530. The first-order valence-electron chi connectivity index (χ1n) is 9.59. The van der Waals surface area contributed by atoms with Gasteiger partial charge in [-0.25, -0.2) is 9.97 Å². The second kappa shape index (κ2) is 5.82. The number of rotatable bonds is 2. The minimum Gasteiger partial charge on any atom is -0.455 e. The predicted molar refractivity (Wildman–Crippen MR) is 116 cm³/mol. The molecule has 0 saturated carbocycles. The molecule has 0 spiro atoms.